The summed E-state index contributed by atoms with van der Waals surface area (Å²) in [6.07, 6.45) is -3.39. The Hall–Kier alpha value is -4.28. The number of esters is 1. The minimum atomic E-state index is -4.65. The van der Waals surface area contributed by atoms with Crippen molar-refractivity contribution in [1.82, 2.24) is 0 Å². The number of carbonyl (C=O) groups excluding carboxylic acids is 2. The maximum atomic E-state index is 13.2. The second-order valence-electron chi connectivity index (χ2n) is 6.89. The smallest absolute Gasteiger partial charge is 0.416 e. The maximum absolute atomic E-state index is 13.2. The van der Waals surface area contributed by atoms with Gasteiger partial charge in [0, 0.05) is 0 Å². The van der Waals surface area contributed by atoms with Gasteiger partial charge in [-0.15, -0.1) is 0 Å². The van der Waals surface area contributed by atoms with Crippen molar-refractivity contribution in [2.24, 2.45) is 5.10 Å². The fourth-order valence-corrected chi connectivity index (χ4v) is 2.80. The zero-order valence-corrected chi connectivity index (χ0v) is 17.8. The maximum Gasteiger partial charge on any atom is 0.416 e. The average molecular weight is 492 g/mol. The standard InChI is InChI=1S/C24H17F5N2O4/c25-23(26)35-20-11-9-17(10-12-20)22(33)34-15-21(32)31(30-14-16-5-2-1-3-6-16)19-8-4-7-18(13-19)24(27,28)29/h1-14,23H,15H2/b30-14+. The van der Waals surface area contributed by atoms with Gasteiger partial charge in [-0.05, 0) is 48.0 Å². The van der Waals surface area contributed by atoms with E-state index in [-0.39, 0.29) is 17.0 Å². The number of ether oxygens (including phenoxy) is 2. The molecule has 0 bridgehead atoms. The van der Waals surface area contributed by atoms with Crippen molar-refractivity contribution in [3.63, 3.8) is 0 Å². The van der Waals surface area contributed by atoms with Gasteiger partial charge in [0.1, 0.15) is 5.75 Å². The second-order valence-corrected chi connectivity index (χ2v) is 6.89. The third kappa shape index (κ3) is 7.36. The van der Waals surface area contributed by atoms with Gasteiger partial charge < -0.3 is 9.47 Å². The molecule has 3 aromatic rings. The quantitative estimate of drug-likeness (QED) is 0.180. The van der Waals surface area contributed by atoms with Crippen LogP contribution >= 0.6 is 0 Å². The number of hydrogen-bond donors (Lipinski definition) is 0. The van der Waals surface area contributed by atoms with E-state index in [4.69, 9.17) is 4.74 Å². The molecule has 0 saturated heterocycles. The lowest BCUT2D eigenvalue weighted by Crippen LogP contribution is -2.31. The summed E-state index contributed by atoms with van der Waals surface area (Å²) >= 11 is 0. The van der Waals surface area contributed by atoms with Crippen LogP contribution in [0.3, 0.4) is 0 Å². The lowest BCUT2D eigenvalue weighted by atomic mass is 10.2. The highest BCUT2D eigenvalue weighted by Gasteiger charge is 2.31. The van der Waals surface area contributed by atoms with Crippen molar-refractivity contribution in [1.29, 1.82) is 0 Å². The molecule has 0 fully saturated rings. The molecule has 0 spiro atoms. The SMILES string of the molecule is O=C(OCC(=O)N(/N=C/c1ccccc1)c1cccc(C(F)(F)F)c1)c1ccc(OC(F)F)cc1. The molecule has 0 aliphatic carbocycles. The van der Waals surface area contributed by atoms with Gasteiger partial charge in [-0.3, -0.25) is 4.79 Å². The van der Waals surface area contributed by atoms with Crippen LogP contribution in [0.1, 0.15) is 21.5 Å². The lowest BCUT2D eigenvalue weighted by Gasteiger charge is -2.18. The topological polar surface area (TPSA) is 68.2 Å². The van der Waals surface area contributed by atoms with Gasteiger partial charge in [-0.2, -0.15) is 32.1 Å². The highest BCUT2D eigenvalue weighted by Crippen LogP contribution is 2.31. The van der Waals surface area contributed by atoms with Gasteiger partial charge in [0.2, 0.25) is 0 Å². The van der Waals surface area contributed by atoms with Crippen LogP contribution in [0, 0.1) is 0 Å². The second kappa shape index (κ2) is 11.2. The molecule has 0 saturated carbocycles. The van der Waals surface area contributed by atoms with E-state index in [1.54, 1.807) is 30.3 Å². The van der Waals surface area contributed by atoms with Crippen LogP contribution in [-0.4, -0.2) is 31.3 Å². The number of hydrazone groups is 1. The summed E-state index contributed by atoms with van der Waals surface area (Å²) in [6.45, 7) is -3.89. The summed E-state index contributed by atoms with van der Waals surface area (Å²) < 4.78 is 73.1. The first-order chi connectivity index (χ1) is 16.6. The van der Waals surface area contributed by atoms with E-state index in [1.165, 1.54) is 12.3 Å². The Balaban J connectivity index is 1.77. The normalized spacial score (nSPS) is 11.5. The summed E-state index contributed by atoms with van der Waals surface area (Å²) in [5.41, 5.74) is -0.675. The Labute approximate surface area is 196 Å². The molecular weight excluding hydrogens is 475 g/mol. The molecule has 182 valence electrons. The first-order valence-corrected chi connectivity index (χ1v) is 9.95. The molecule has 3 aromatic carbocycles. The van der Waals surface area contributed by atoms with Gasteiger partial charge in [0.25, 0.3) is 5.91 Å². The van der Waals surface area contributed by atoms with E-state index in [0.29, 0.717) is 10.6 Å². The van der Waals surface area contributed by atoms with Crippen molar-refractivity contribution in [2.75, 3.05) is 11.6 Å². The zero-order valence-electron chi connectivity index (χ0n) is 17.8. The van der Waals surface area contributed by atoms with Crippen molar-refractivity contribution < 1.29 is 41.0 Å². The number of anilines is 1. The Bertz CT molecular complexity index is 1180. The van der Waals surface area contributed by atoms with E-state index < -0.39 is 36.8 Å². The molecule has 0 radical (unpaired) electrons. The molecule has 1 amide bonds. The van der Waals surface area contributed by atoms with Crippen molar-refractivity contribution in [3.8, 4) is 5.75 Å². The fraction of sp³-hybridized carbons (Fsp3) is 0.125. The molecule has 0 heterocycles. The van der Waals surface area contributed by atoms with Gasteiger partial charge in [-0.25, -0.2) is 4.79 Å². The fourth-order valence-electron chi connectivity index (χ4n) is 2.80. The van der Waals surface area contributed by atoms with Crippen LogP contribution in [0.2, 0.25) is 0 Å². The van der Waals surface area contributed by atoms with Crippen LogP contribution in [0.5, 0.6) is 5.75 Å². The van der Waals surface area contributed by atoms with Crippen LogP contribution in [0.4, 0.5) is 27.6 Å². The summed E-state index contributed by atoms with van der Waals surface area (Å²) in [5, 5.41) is 4.68. The van der Waals surface area contributed by atoms with Crippen molar-refractivity contribution >= 4 is 23.8 Å². The van der Waals surface area contributed by atoms with Crippen molar-refractivity contribution in [3.05, 3.63) is 95.6 Å². The number of amides is 1. The van der Waals surface area contributed by atoms with E-state index in [0.717, 1.165) is 42.5 Å². The Morgan fingerprint density at radius 2 is 1.63 bits per heavy atom. The summed E-state index contributed by atoms with van der Waals surface area (Å²) in [6, 6.07) is 17.0. The highest BCUT2D eigenvalue weighted by atomic mass is 19.4. The minimum Gasteiger partial charge on any atom is -0.452 e. The van der Waals surface area contributed by atoms with Crippen LogP contribution in [0.15, 0.2) is 84.0 Å². The first-order valence-electron chi connectivity index (χ1n) is 9.95. The van der Waals surface area contributed by atoms with E-state index in [9.17, 15) is 31.5 Å². The minimum absolute atomic E-state index is 0.0576. The lowest BCUT2D eigenvalue weighted by molar-refractivity contribution is -0.137. The molecule has 0 unspecified atom stereocenters. The number of alkyl halides is 5. The molecule has 11 heteroatoms. The Morgan fingerprint density at radius 3 is 2.26 bits per heavy atom. The predicted octanol–water partition coefficient (Wildman–Crippen LogP) is 5.53. The first kappa shape index (κ1) is 25.3. The summed E-state index contributed by atoms with van der Waals surface area (Å²) in [7, 11) is 0. The van der Waals surface area contributed by atoms with E-state index in [2.05, 4.69) is 9.84 Å². The summed E-state index contributed by atoms with van der Waals surface area (Å²) in [4.78, 5) is 25.0. The Morgan fingerprint density at radius 1 is 0.943 bits per heavy atom. The van der Waals surface area contributed by atoms with Crippen molar-refractivity contribution in [2.45, 2.75) is 12.8 Å². The number of nitrogens with zero attached hydrogens (tertiary/aromatic N) is 2. The van der Waals surface area contributed by atoms with Gasteiger partial charge in [0.05, 0.1) is 23.0 Å². The van der Waals surface area contributed by atoms with E-state index >= 15 is 0 Å². The monoisotopic (exact) mass is 492 g/mol. The van der Waals surface area contributed by atoms with Crippen LogP contribution < -0.4 is 9.75 Å². The van der Waals surface area contributed by atoms with Crippen LogP contribution in [0.25, 0.3) is 0 Å². The summed E-state index contributed by atoms with van der Waals surface area (Å²) in [5.74, 6) is -2.07. The molecular formula is C24H17F5N2O4. The molecule has 0 atom stereocenters. The van der Waals surface area contributed by atoms with E-state index in [1.807, 2.05) is 0 Å². The largest absolute Gasteiger partial charge is 0.452 e. The van der Waals surface area contributed by atoms with Crippen LogP contribution in [-0.2, 0) is 15.7 Å². The third-order valence-electron chi connectivity index (χ3n) is 4.42. The number of hydrogen-bond acceptors (Lipinski definition) is 5. The zero-order chi connectivity index (χ0) is 25.4. The molecule has 0 aromatic heterocycles. The Kier molecular flexibility index (Phi) is 8.13. The molecule has 6 nitrogen and oxygen atoms in total. The van der Waals surface area contributed by atoms with Gasteiger partial charge in [0.15, 0.2) is 6.61 Å². The average Bonchev–Trinajstić information content (AvgIpc) is 2.83. The number of benzene rings is 3. The highest BCUT2D eigenvalue weighted by molar-refractivity contribution is 5.98. The molecule has 3 rings (SSSR count). The molecule has 0 aliphatic heterocycles. The number of carbonyl (C=O) groups is 2. The van der Waals surface area contributed by atoms with Gasteiger partial charge >= 0.3 is 18.8 Å². The predicted molar refractivity (Wildman–Crippen MR) is 116 cm³/mol. The molecule has 0 aliphatic rings. The number of rotatable bonds is 8. The molecule has 35 heavy (non-hydrogen) atoms. The van der Waals surface area contributed by atoms with Gasteiger partial charge in [-0.1, -0.05) is 36.4 Å². The number of halogens is 5. The third-order valence-corrected chi connectivity index (χ3v) is 4.42. The molecule has 0 N–H and O–H groups in total.